The summed E-state index contributed by atoms with van der Waals surface area (Å²) in [5, 5.41) is 1.86. The number of fused-ring (bicyclic) bond motifs is 2. The van der Waals surface area contributed by atoms with Crippen molar-refractivity contribution < 1.29 is 9.21 Å². The van der Waals surface area contributed by atoms with Crippen molar-refractivity contribution in [3.05, 3.63) is 58.2 Å². The van der Waals surface area contributed by atoms with Crippen molar-refractivity contribution in [2.75, 3.05) is 0 Å². The summed E-state index contributed by atoms with van der Waals surface area (Å²) in [4.78, 5) is 25.0. The van der Waals surface area contributed by atoms with Gasteiger partial charge in [0.25, 0.3) is 0 Å². The molecule has 0 unspecified atom stereocenters. The lowest BCUT2D eigenvalue weighted by Gasteiger charge is -2.16. The molecule has 0 amide bonds. The number of hydrogen-bond donors (Lipinski definition) is 0. The SMILES string of the molecule is CCCCn1c2c(oc1=O)-c1cccc3cccc(c13)C2=O. The smallest absolute Gasteiger partial charge is 0.407 e. The molecule has 0 saturated heterocycles. The van der Waals surface area contributed by atoms with Gasteiger partial charge in [0.05, 0.1) is 0 Å². The Morgan fingerprint density at radius 3 is 2.50 bits per heavy atom. The van der Waals surface area contributed by atoms with E-state index in [-0.39, 0.29) is 5.78 Å². The maximum Gasteiger partial charge on any atom is 0.420 e. The Balaban J connectivity index is 2.07. The van der Waals surface area contributed by atoms with E-state index >= 15 is 0 Å². The lowest BCUT2D eigenvalue weighted by atomic mass is 9.88. The third-order valence-corrected chi connectivity index (χ3v) is 4.24. The number of hydrogen-bond acceptors (Lipinski definition) is 3. The predicted octanol–water partition coefficient (Wildman–Crippen LogP) is 3.61. The normalized spacial score (nSPS) is 12.7. The van der Waals surface area contributed by atoms with Gasteiger partial charge in [-0.15, -0.1) is 0 Å². The van der Waals surface area contributed by atoms with E-state index in [1.165, 1.54) is 4.57 Å². The summed E-state index contributed by atoms with van der Waals surface area (Å²) in [6.45, 7) is 2.56. The average molecular weight is 293 g/mol. The molecule has 0 saturated carbocycles. The maximum absolute atomic E-state index is 12.9. The standard InChI is InChI=1S/C18H15NO3/c1-2-3-10-19-15-16(20)12-8-4-6-11-7-5-9-13(14(11)12)17(15)22-18(19)21/h4-9H,2-3,10H2,1H3. The zero-order chi connectivity index (χ0) is 15.3. The minimum atomic E-state index is -0.448. The maximum atomic E-state index is 12.9. The summed E-state index contributed by atoms with van der Waals surface area (Å²) < 4.78 is 6.92. The topological polar surface area (TPSA) is 52.2 Å². The minimum absolute atomic E-state index is 0.124. The van der Waals surface area contributed by atoms with Crippen LogP contribution in [-0.4, -0.2) is 10.4 Å². The molecule has 0 bridgehead atoms. The lowest BCUT2D eigenvalue weighted by Crippen LogP contribution is -2.21. The molecule has 4 heteroatoms. The van der Waals surface area contributed by atoms with E-state index in [4.69, 9.17) is 4.42 Å². The number of rotatable bonds is 3. The monoisotopic (exact) mass is 293 g/mol. The van der Waals surface area contributed by atoms with Crippen LogP contribution in [0.1, 0.15) is 35.8 Å². The van der Waals surface area contributed by atoms with Crippen LogP contribution in [0.5, 0.6) is 0 Å². The highest BCUT2D eigenvalue weighted by Gasteiger charge is 2.32. The molecule has 1 aromatic heterocycles. The summed E-state index contributed by atoms with van der Waals surface area (Å²) in [7, 11) is 0. The Kier molecular flexibility index (Phi) is 2.79. The van der Waals surface area contributed by atoms with Crippen molar-refractivity contribution in [2.45, 2.75) is 26.3 Å². The molecular weight excluding hydrogens is 278 g/mol. The fourth-order valence-electron chi connectivity index (χ4n) is 3.18. The second kappa shape index (κ2) is 4.70. The van der Waals surface area contributed by atoms with Gasteiger partial charge in [0.2, 0.25) is 5.78 Å². The summed E-state index contributed by atoms with van der Waals surface area (Å²) in [5.74, 6) is -0.159. The second-order valence-electron chi connectivity index (χ2n) is 5.59. The van der Waals surface area contributed by atoms with Gasteiger partial charge in [-0.05, 0) is 11.8 Å². The van der Waals surface area contributed by atoms with Gasteiger partial charge in [-0.2, -0.15) is 0 Å². The first-order valence-corrected chi connectivity index (χ1v) is 7.53. The van der Waals surface area contributed by atoms with Gasteiger partial charge < -0.3 is 4.42 Å². The molecule has 1 aliphatic rings. The molecule has 2 aromatic carbocycles. The second-order valence-corrected chi connectivity index (χ2v) is 5.59. The van der Waals surface area contributed by atoms with E-state index < -0.39 is 5.76 Å². The number of benzene rings is 2. The van der Waals surface area contributed by atoms with E-state index in [9.17, 15) is 9.59 Å². The number of aromatic nitrogens is 1. The number of carbonyl (C=O) groups is 1. The molecule has 0 aliphatic heterocycles. The van der Waals surface area contributed by atoms with Crippen LogP contribution in [-0.2, 0) is 6.54 Å². The van der Waals surface area contributed by atoms with Crippen LogP contribution >= 0.6 is 0 Å². The quantitative estimate of drug-likeness (QED) is 0.580. The van der Waals surface area contributed by atoms with Gasteiger partial charge in [0, 0.05) is 23.1 Å². The highest BCUT2D eigenvalue weighted by Crippen LogP contribution is 2.38. The van der Waals surface area contributed by atoms with Crippen molar-refractivity contribution in [1.29, 1.82) is 0 Å². The molecule has 0 spiro atoms. The summed E-state index contributed by atoms with van der Waals surface area (Å²) in [5.41, 5.74) is 1.87. The number of oxazole rings is 1. The molecule has 0 fully saturated rings. The van der Waals surface area contributed by atoms with Crippen molar-refractivity contribution in [3.63, 3.8) is 0 Å². The summed E-state index contributed by atoms with van der Waals surface area (Å²) in [6, 6.07) is 11.5. The summed E-state index contributed by atoms with van der Waals surface area (Å²) >= 11 is 0. The fourth-order valence-corrected chi connectivity index (χ4v) is 3.18. The van der Waals surface area contributed by atoms with Gasteiger partial charge in [-0.1, -0.05) is 49.7 Å². The van der Waals surface area contributed by atoms with Crippen molar-refractivity contribution in [3.8, 4) is 11.3 Å². The van der Waals surface area contributed by atoms with Crippen LogP contribution in [0.3, 0.4) is 0 Å². The number of nitrogens with zero attached hydrogens (tertiary/aromatic N) is 1. The lowest BCUT2D eigenvalue weighted by molar-refractivity contribution is 0.103. The van der Waals surface area contributed by atoms with Crippen LogP contribution in [0.2, 0.25) is 0 Å². The molecule has 3 aromatic rings. The molecule has 4 nitrogen and oxygen atoms in total. The molecule has 0 radical (unpaired) electrons. The Bertz CT molecular complexity index is 957. The van der Waals surface area contributed by atoms with Crippen LogP contribution in [0.25, 0.3) is 22.1 Å². The predicted molar refractivity (Wildman–Crippen MR) is 84.3 cm³/mol. The van der Waals surface area contributed by atoms with Crippen LogP contribution < -0.4 is 5.76 Å². The first-order chi connectivity index (χ1) is 10.7. The van der Waals surface area contributed by atoms with Crippen molar-refractivity contribution in [2.24, 2.45) is 0 Å². The van der Waals surface area contributed by atoms with Crippen LogP contribution in [0.4, 0.5) is 0 Å². The number of ketones is 1. The van der Waals surface area contributed by atoms with Gasteiger partial charge >= 0.3 is 5.76 Å². The Morgan fingerprint density at radius 1 is 1.05 bits per heavy atom. The van der Waals surface area contributed by atoms with Gasteiger partial charge in [0.15, 0.2) is 5.76 Å². The molecule has 0 N–H and O–H groups in total. The minimum Gasteiger partial charge on any atom is -0.407 e. The Hall–Kier alpha value is -2.62. The van der Waals surface area contributed by atoms with E-state index in [0.717, 1.165) is 29.2 Å². The molecule has 22 heavy (non-hydrogen) atoms. The first kappa shape index (κ1) is 13.1. The number of carbonyl (C=O) groups excluding carboxylic acids is 1. The highest BCUT2D eigenvalue weighted by molar-refractivity contribution is 6.24. The fraction of sp³-hybridized carbons (Fsp3) is 0.222. The Labute approximate surface area is 127 Å². The van der Waals surface area contributed by atoms with E-state index in [0.29, 0.717) is 23.6 Å². The molecule has 0 atom stereocenters. The first-order valence-electron chi connectivity index (χ1n) is 7.53. The van der Waals surface area contributed by atoms with Crippen molar-refractivity contribution >= 4 is 16.6 Å². The largest absolute Gasteiger partial charge is 0.420 e. The van der Waals surface area contributed by atoms with E-state index in [1.54, 1.807) is 0 Å². The molecule has 1 heterocycles. The highest BCUT2D eigenvalue weighted by atomic mass is 16.4. The third-order valence-electron chi connectivity index (χ3n) is 4.24. The Morgan fingerprint density at radius 2 is 1.77 bits per heavy atom. The van der Waals surface area contributed by atoms with Gasteiger partial charge in [-0.3, -0.25) is 9.36 Å². The van der Waals surface area contributed by atoms with Crippen LogP contribution in [0.15, 0.2) is 45.6 Å². The van der Waals surface area contributed by atoms with Crippen LogP contribution in [0, 0.1) is 0 Å². The molecule has 1 aliphatic carbocycles. The van der Waals surface area contributed by atoms with Gasteiger partial charge in [0.1, 0.15) is 5.69 Å². The third kappa shape index (κ3) is 1.64. The summed E-state index contributed by atoms with van der Waals surface area (Å²) in [6.07, 6.45) is 1.79. The molecular formula is C18H15NO3. The zero-order valence-corrected chi connectivity index (χ0v) is 12.3. The number of unbranched alkanes of at least 4 members (excludes halogenated alkanes) is 1. The van der Waals surface area contributed by atoms with E-state index in [1.807, 2.05) is 36.4 Å². The van der Waals surface area contributed by atoms with E-state index in [2.05, 4.69) is 6.92 Å². The molecule has 4 rings (SSSR count). The molecule has 110 valence electrons. The van der Waals surface area contributed by atoms with Crippen molar-refractivity contribution in [1.82, 2.24) is 4.57 Å². The average Bonchev–Trinajstić information content (AvgIpc) is 2.87. The van der Waals surface area contributed by atoms with Gasteiger partial charge in [-0.25, -0.2) is 4.79 Å². The zero-order valence-electron chi connectivity index (χ0n) is 12.3.